The predicted molar refractivity (Wildman–Crippen MR) is 121 cm³/mol. The van der Waals surface area contributed by atoms with Crippen molar-refractivity contribution < 1.29 is 21.7 Å². The Kier molecular flexibility index (Phi) is 7.38. The quantitative estimate of drug-likeness (QED) is 0.691. The lowest BCUT2D eigenvalue weighted by Crippen LogP contribution is -3.00. The highest BCUT2D eigenvalue weighted by atomic mass is 35.5. The normalized spacial score (nSPS) is 17.5. The fraction of sp³-hybridized carbons (Fsp3) is 0.458. The van der Waals surface area contributed by atoms with Gasteiger partial charge in [0, 0.05) is 34.7 Å². The number of amides is 1. The van der Waals surface area contributed by atoms with Gasteiger partial charge in [-0.2, -0.15) is 0 Å². The Morgan fingerprint density at radius 2 is 1.83 bits per heavy atom. The highest BCUT2D eigenvalue weighted by Gasteiger charge is 2.34. The minimum atomic E-state index is 0. The summed E-state index contributed by atoms with van der Waals surface area (Å²) >= 11 is 1.81. The average Bonchev–Trinajstić information content (AvgIpc) is 3.15. The summed E-state index contributed by atoms with van der Waals surface area (Å²) in [6.07, 6.45) is 3.60. The van der Waals surface area contributed by atoms with Crippen molar-refractivity contribution in [2.45, 2.75) is 48.9 Å². The fourth-order valence-corrected chi connectivity index (χ4v) is 5.79. The smallest absolute Gasteiger partial charge is 0.251 e. The number of quaternary nitrogens is 1. The highest BCUT2D eigenvalue weighted by Crippen LogP contribution is 2.49. The van der Waals surface area contributed by atoms with Crippen LogP contribution in [0, 0.1) is 0 Å². The van der Waals surface area contributed by atoms with Crippen LogP contribution in [0.5, 0.6) is 0 Å². The Morgan fingerprint density at radius 3 is 2.57 bits per heavy atom. The molecule has 1 N–H and O–H groups in total. The number of hydrogen-bond acceptors (Lipinski definition) is 3. The summed E-state index contributed by atoms with van der Waals surface area (Å²) in [7, 11) is 2.39. The number of halogens is 1. The van der Waals surface area contributed by atoms with Gasteiger partial charge in [0.1, 0.15) is 0 Å². The van der Waals surface area contributed by atoms with Gasteiger partial charge in [-0.1, -0.05) is 30.8 Å². The summed E-state index contributed by atoms with van der Waals surface area (Å²) in [6.45, 7) is 8.77. The van der Waals surface area contributed by atoms with Crippen molar-refractivity contribution in [1.82, 2.24) is 5.32 Å². The van der Waals surface area contributed by atoms with E-state index in [1.54, 1.807) is 11.8 Å². The molecule has 0 bridgehead atoms. The zero-order valence-corrected chi connectivity index (χ0v) is 19.7. The zero-order valence-electron chi connectivity index (χ0n) is 18.2. The van der Waals surface area contributed by atoms with E-state index in [-0.39, 0.29) is 18.3 Å². The Morgan fingerprint density at radius 1 is 1.13 bits per heavy atom. The first kappa shape index (κ1) is 23.0. The Hall–Kier alpha value is -1.69. The maximum absolute atomic E-state index is 12.6. The van der Waals surface area contributed by atoms with E-state index in [1.807, 2.05) is 6.07 Å². The first-order chi connectivity index (χ1) is 14.0. The molecule has 1 saturated heterocycles. The van der Waals surface area contributed by atoms with Crippen LogP contribution in [0.1, 0.15) is 43.5 Å². The van der Waals surface area contributed by atoms with E-state index in [9.17, 15) is 4.79 Å². The monoisotopic (exact) mass is 445 g/mol. The summed E-state index contributed by atoms with van der Waals surface area (Å²) in [6, 6.07) is 15.2. The maximum atomic E-state index is 12.6. The number of anilines is 2. The molecule has 1 amide bonds. The molecule has 4 nitrogen and oxygen atoms in total. The van der Waals surface area contributed by atoms with Gasteiger partial charge in [0.15, 0.2) is 0 Å². The van der Waals surface area contributed by atoms with Gasteiger partial charge in [0.05, 0.1) is 44.1 Å². The van der Waals surface area contributed by atoms with Gasteiger partial charge in [-0.3, -0.25) is 4.79 Å². The van der Waals surface area contributed by atoms with Crippen LogP contribution in [-0.2, 0) is 0 Å². The second-order valence-electron chi connectivity index (χ2n) is 8.68. The van der Waals surface area contributed by atoms with Crippen molar-refractivity contribution in [3.8, 4) is 0 Å². The lowest BCUT2D eigenvalue weighted by molar-refractivity contribution is -0.898. The lowest BCUT2D eigenvalue weighted by atomic mass is 10.1. The first-order valence-corrected chi connectivity index (χ1v) is 11.6. The number of likely N-dealkylation sites (N-methyl/N-ethyl adjacent to an activating group) is 1. The molecule has 2 aliphatic rings. The summed E-state index contributed by atoms with van der Waals surface area (Å²) in [5.41, 5.74) is 3.17. The van der Waals surface area contributed by atoms with E-state index in [4.69, 9.17) is 0 Å². The molecule has 1 fully saturated rings. The van der Waals surface area contributed by atoms with Crippen molar-refractivity contribution >= 4 is 29.0 Å². The second kappa shape index (κ2) is 9.63. The van der Waals surface area contributed by atoms with E-state index < -0.39 is 0 Å². The standard InChI is InChI=1S/C24H31N3OS.ClH/c1-4-13-25-24(28)19-11-12-23-21(16-19)26(20-9-5-6-10-22(20)29-23)18(2)17-27(3)14-7-8-15-27;/h5-6,9-12,16,18H,4,7-8,13-15,17H2,1-3H3;1H. The molecule has 0 radical (unpaired) electrons. The molecular formula is C24H32ClN3OS. The third-order valence-electron chi connectivity index (χ3n) is 6.15. The van der Waals surface area contributed by atoms with Crippen LogP contribution in [-0.4, -0.2) is 49.7 Å². The minimum absolute atomic E-state index is 0. The highest BCUT2D eigenvalue weighted by molar-refractivity contribution is 7.99. The number of likely N-dealkylation sites (tertiary alicyclic amines) is 1. The van der Waals surface area contributed by atoms with Gasteiger partial charge < -0.3 is 27.1 Å². The van der Waals surface area contributed by atoms with Gasteiger partial charge in [0.25, 0.3) is 5.91 Å². The van der Waals surface area contributed by atoms with E-state index >= 15 is 0 Å². The SMILES string of the molecule is CCCNC(=O)c1ccc2c(c1)N(C(C)C[N+]1(C)CCCC1)c1ccccc1S2.[Cl-]. The van der Waals surface area contributed by atoms with Crippen molar-refractivity contribution in [1.29, 1.82) is 0 Å². The van der Waals surface area contributed by atoms with E-state index in [0.29, 0.717) is 12.6 Å². The summed E-state index contributed by atoms with van der Waals surface area (Å²) in [5.74, 6) is 0.0182. The van der Waals surface area contributed by atoms with Crippen LogP contribution in [0.25, 0.3) is 0 Å². The van der Waals surface area contributed by atoms with Gasteiger partial charge in [0.2, 0.25) is 0 Å². The number of benzene rings is 2. The number of para-hydroxylation sites is 1. The van der Waals surface area contributed by atoms with Crippen molar-refractivity contribution in [3.63, 3.8) is 0 Å². The molecule has 1 unspecified atom stereocenters. The Labute approximate surface area is 191 Å². The van der Waals surface area contributed by atoms with Crippen molar-refractivity contribution in [2.24, 2.45) is 0 Å². The summed E-state index contributed by atoms with van der Waals surface area (Å²) < 4.78 is 1.14. The number of carbonyl (C=O) groups is 1. The minimum Gasteiger partial charge on any atom is -1.00 e. The van der Waals surface area contributed by atoms with Gasteiger partial charge in [-0.15, -0.1) is 0 Å². The molecule has 2 aromatic rings. The number of nitrogens with one attached hydrogen (secondary N) is 1. The number of hydrogen-bond donors (Lipinski definition) is 1. The molecule has 0 saturated carbocycles. The van der Waals surface area contributed by atoms with Crippen molar-refractivity contribution in [3.05, 3.63) is 48.0 Å². The van der Waals surface area contributed by atoms with E-state index in [0.717, 1.165) is 28.7 Å². The average molecular weight is 446 g/mol. The molecule has 0 aromatic heterocycles. The first-order valence-electron chi connectivity index (χ1n) is 10.8. The van der Waals surface area contributed by atoms with Crippen LogP contribution in [0.4, 0.5) is 11.4 Å². The molecule has 4 rings (SSSR count). The number of carbonyl (C=O) groups excluding carboxylic acids is 1. The van der Waals surface area contributed by atoms with Gasteiger partial charge in [-0.05, 0) is 43.7 Å². The maximum Gasteiger partial charge on any atom is 0.251 e. The zero-order chi connectivity index (χ0) is 20.4. The molecule has 1 atom stereocenters. The van der Waals surface area contributed by atoms with Gasteiger partial charge >= 0.3 is 0 Å². The molecule has 30 heavy (non-hydrogen) atoms. The molecule has 0 aliphatic carbocycles. The molecular weight excluding hydrogens is 414 g/mol. The largest absolute Gasteiger partial charge is 1.00 e. The lowest BCUT2D eigenvalue weighted by Gasteiger charge is -2.41. The Balaban J connectivity index is 0.00000256. The van der Waals surface area contributed by atoms with E-state index in [1.165, 1.54) is 41.4 Å². The molecule has 162 valence electrons. The van der Waals surface area contributed by atoms with Gasteiger partial charge in [-0.25, -0.2) is 0 Å². The van der Waals surface area contributed by atoms with Crippen LogP contribution < -0.4 is 22.6 Å². The number of nitrogens with zero attached hydrogens (tertiary/aromatic N) is 2. The van der Waals surface area contributed by atoms with E-state index in [2.05, 4.69) is 67.5 Å². The third kappa shape index (κ3) is 4.63. The Bertz CT molecular complexity index is 898. The van der Waals surface area contributed by atoms with Crippen LogP contribution in [0.3, 0.4) is 0 Å². The summed E-state index contributed by atoms with van der Waals surface area (Å²) in [5, 5.41) is 3.02. The second-order valence-corrected chi connectivity index (χ2v) is 9.77. The predicted octanol–water partition coefficient (Wildman–Crippen LogP) is 2.06. The third-order valence-corrected chi connectivity index (χ3v) is 7.28. The summed E-state index contributed by atoms with van der Waals surface area (Å²) in [4.78, 5) is 17.6. The number of rotatable bonds is 6. The molecule has 0 spiro atoms. The molecule has 2 aliphatic heterocycles. The molecule has 6 heteroatoms. The van der Waals surface area contributed by atoms with Crippen LogP contribution >= 0.6 is 11.8 Å². The fourth-order valence-electron chi connectivity index (χ4n) is 4.74. The number of fused-ring (bicyclic) bond motifs is 2. The topological polar surface area (TPSA) is 32.3 Å². The molecule has 2 aromatic carbocycles. The van der Waals surface area contributed by atoms with Crippen molar-refractivity contribution in [2.75, 3.05) is 38.1 Å². The van der Waals surface area contributed by atoms with Crippen LogP contribution in [0.2, 0.25) is 0 Å². The van der Waals surface area contributed by atoms with Crippen LogP contribution in [0.15, 0.2) is 52.3 Å². The molecule has 2 heterocycles.